The molecule has 0 bridgehead atoms. The first-order chi connectivity index (χ1) is 14.2. The predicted octanol–water partition coefficient (Wildman–Crippen LogP) is 4.60. The summed E-state index contributed by atoms with van der Waals surface area (Å²) in [5, 5.41) is 4.59. The van der Waals surface area contributed by atoms with Crippen molar-refractivity contribution in [1.82, 2.24) is 14.4 Å². The topological polar surface area (TPSA) is 71.4 Å². The number of aromatic amines is 1. The maximum absolute atomic E-state index is 12.9. The van der Waals surface area contributed by atoms with Crippen molar-refractivity contribution in [2.45, 2.75) is 38.6 Å². The third-order valence-corrected chi connectivity index (χ3v) is 5.61. The van der Waals surface area contributed by atoms with E-state index in [0.717, 1.165) is 41.0 Å². The van der Waals surface area contributed by atoms with Crippen molar-refractivity contribution in [3.63, 3.8) is 0 Å². The van der Waals surface area contributed by atoms with E-state index in [4.69, 9.17) is 9.72 Å². The van der Waals surface area contributed by atoms with E-state index in [1.165, 1.54) is 12.8 Å². The Kier molecular flexibility index (Phi) is 4.46. The second-order valence-electron chi connectivity index (χ2n) is 7.56. The Morgan fingerprint density at radius 2 is 2.07 bits per heavy atom. The molecule has 1 aliphatic carbocycles. The van der Waals surface area contributed by atoms with E-state index in [1.54, 1.807) is 0 Å². The highest BCUT2D eigenvalue weighted by molar-refractivity contribution is 5.87. The van der Waals surface area contributed by atoms with E-state index in [9.17, 15) is 4.79 Å². The van der Waals surface area contributed by atoms with Crippen LogP contribution < -0.4 is 15.6 Å². The molecule has 6 nitrogen and oxygen atoms in total. The van der Waals surface area contributed by atoms with Crippen LogP contribution in [0.1, 0.15) is 32.6 Å². The van der Waals surface area contributed by atoms with Crippen LogP contribution in [0.3, 0.4) is 0 Å². The number of anilines is 1. The highest BCUT2D eigenvalue weighted by Crippen LogP contribution is 2.31. The van der Waals surface area contributed by atoms with Gasteiger partial charge in [-0.25, -0.2) is 4.98 Å². The van der Waals surface area contributed by atoms with Gasteiger partial charge < -0.3 is 15.0 Å². The molecule has 1 aromatic carbocycles. The van der Waals surface area contributed by atoms with Crippen molar-refractivity contribution >= 4 is 22.4 Å². The van der Waals surface area contributed by atoms with Crippen LogP contribution >= 0.6 is 0 Å². The number of fused-ring (bicyclic) bond motifs is 2. The average Bonchev–Trinajstić information content (AvgIpc) is 3.37. The van der Waals surface area contributed by atoms with Crippen LogP contribution in [0, 0.1) is 0 Å². The maximum atomic E-state index is 12.9. The third kappa shape index (κ3) is 3.24. The number of pyridine rings is 2. The van der Waals surface area contributed by atoms with Gasteiger partial charge in [0.25, 0.3) is 5.56 Å². The van der Waals surface area contributed by atoms with Crippen LogP contribution in [-0.2, 0) is 0 Å². The zero-order valence-corrected chi connectivity index (χ0v) is 16.4. The summed E-state index contributed by atoms with van der Waals surface area (Å²) in [6, 6.07) is 14.0. The summed E-state index contributed by atoms with van der Waals surface area (Å²) >= 11 is 0. The second kappa shape index (κ2) is 7.28. The third-order valence-electron chi connectivity index (χ3n) is 5.61. The molecule has 0 aliphatic heterocycles. The van der Waals surface area contributed by atoms with E-state index in [0.29, 0.717) is 23.9 Å². The highest BCUT2D eigenvalue weighted by Gasteiger charge is 2.22. The summed E-state index contributed by atoms with van der Waals surface area (Å²) in [6.45, 7) is 2.56. The summed E-state index contributed by atoms with van der Waals surface area (Å²) < 4.78 is 7.66. The number of aromatic nitrogens is 3. The zero-order chi connectivity index (χ0) is 19.8. The number of hydrogen-bond acceptors (Lipinski definition) is 4. The number of hydrogen-bond donors (Lipinski definition) is 2. The van der Waals surface area contributed by atoms with Gasteiger partial charge in [0, 0.05) is 23.1 Å². The molecule has 0 atom stereocenters. The Morgan fingerprint density at radius 1 is 1.21 bits per heavy atom. The Labute approximate surface area is 168 Å². The van der Waals surface area contributed by atoms with Crippen LogP contribution in [0.5, 0.6) is 5.75 Å². The maximum Gasteiger partial charge on any atom is 0.258 e. The molecule has 6 heteroatoms. The first-order valence-corrected chi connectivity index (χ1v) is 10.3. The van der Waals surface area contributed by atoms with Gasteiger partial charge in [0.05, 0.1) is 12.2 Å². The van der Waals surface area contributed by atoms with Crippen molar-refractivity contribution in [3.8, 4) is 17.0 Å². The van der Waals surface area contributed by atoms with E-state index >= 15 is 0 Å². The molecular formula is C23H24N4O2. The van der Waals surface area contributed by atoms with Crippen molar-refractivity contribution in [2.24, 2.45) is 0 Å². The zero-order valence-electron chi connectivity index (χ0n) is 16.4. The van der Waals surface area contributed by atoms with E-state index < -0.39 is 0 Å². The first kappa shape index (κ1) is 17.8. The number of ether oxygens (including phenoxy) is 1. The molecule has 1 fully saturated rings. The summed E-state index contributed by atoms with van der Waals surface area (Å²) in [4.78, 5) is 20.8. The van der Waals surface area contributed by atoms with Gasteiger partial charge in [-0.3, -0.25) is 9.20 Å². The van der Waals surface area contributed by atoms with E-state index in [1.807, 2.05) is 60.0 Å². The molecule has 148 valence electrons. The molecule has 1 aliphatic rings. The molecular weight excluding hydrogens is 364 g/mol. The minimum atomic E-state index is -0.139. The van der Waals surface area contributed by atoms with Crippen LogP contribution in [0.2, 0.25) is 0 Å². The van der Waals surface area contributed by atoms with Crippen molar-refractivity contribution in [2.75, 3.05) is 11.9 Å². The van der Waals surface area contributed by atoms with Crippen molar-refractivity contribution in [3.05, 3.63) is 59.0 Å². The van der Waals surface area contributed by atoms with Crippen LogP contribution in [0.4, 0.5) is 5.82 Å². The molecule has 4 aromatic rings. The molecule has 0 spiro atoms. The molecule has 0 unspecified atom stereocenters. The molecule has 0 radical (unpaired) electrons. The Balaban J connectivity index is 1.68. The largest absolute Gasteiger partial charge is 0.494 e. The van der Waals surface area contributed by atoms with Gasteiger partial charge in [0.15, 0.2) is 0 Å². The van der Waals surface area contributed by atoms with Crippen molar-refractivity contribution in [1.29, 1.82) is 0 Å². The first-order valence-electron chi connectivity index (χ1n) is 10.3. The standard InChI is InChI=1S/C23H24N4O2/c1-2-29-17-10-11-19-15(13-17)14-18(23(28)25-19)21-22(24-16-7-3-4-8-16)27-12-6-5-9-20(27)26-21/h5-6,9-14,16,24H,2-4,7-8H2,1H3,(H,25,28). The predicted molar refractivity (Wildman–Crippen MR) is 116 cm³/mol. The molecule has 0 amide bonds. The fraction of sp³-hybridized carbons (Fsp3) is 0.304. The molecule has 0 saturated heterocycles. The quantitative estimate of drug-likeness (QED) is 0.524. The van der Waals surface area contributed by atoms with E-state index in [2.05, 4.69) is 10.3 Å². The minimum Gasteiger partial charge on any atom is -0.494 e. The van der Waals surface area contributed by atoms with Gasteiger partial charge >= 0.3 is 0 Å². The molecule has 5 rings (SSSR count). The minimum absolute atomic E-state index is 0.139. The fourth-order valence-corrected chi connectivity index (χ4v) is 4.20. The summed E-state index contributed by atoms with van der Waals surface area (Å²) in [5.41, 5.74) is 2.73. The van der Waals surface area contributed by atoms with Crippen LogP contribution in [-0.4, -0.2) is 27.0 Å². The number of nitrogens with one attached hydrogen (secondary N) is 2. The smallest absolute Gasteiger partial charge is 0.258 e. The number of rotatable bonds is 5. The summed E-state index contributed by atoms with van der Waals surface area (Å²) in [7, 11) is 0. The molecule has 3 aromatic heterocycles. The van der Waals surface area contributed by atoms with E-state index in [-0.39, 0.29) is 5.56 Å². The van der Waals surface area contributed by atoms with Crippen LogP contribution in [0.25, 0.3) is 27.8 Å². The molecule has 29 heavy (non-hydrogen) atoms. The van der Waals surface area contributed by atoms with Gasteiger partial charge in [-0.05, 0) is 56.2 Å². The van der Waals surface area contributed by atoms with Gasteiger partial charge in [-0.2, -0.15) is 0 Å². The summed E-state index contributed by atoms with van der Waals surface area (Å²) in [6.07, 6.45) is 6.75. The monoisotopic (exact) mass is 388 g/mol. The number of nitrogens with zero attached hydrogens (tertiary/aromatic N) is 2. The lowest BCUT2D eigenvalue weighted by Gasteiger charge is -2.15. The van der Waals surface area contributed by atoms with Crippen LogP contribution in [0.15, 0.2) is 53.5 Å². The Morgan fingerprint density at radius 3 is 2.90 bits per heavy atom. The van der Waals surface area contributed by atoms with Gasteiger partial charge in [-0.15, -0.1) is 0 Å². The van der Waals surface area contributed by atoms with Crippen molar-refractivity contribution < 1.29 is 4.74 Å². The molecule has 3 heterocycles. The number of imidazole rings is 1. The lowest BCUT2D eigenvalue weighted by Crippen LogP contribution is -2.17. The SMILES string of the molecule is CCOc1ccc2[nH]c(=O)c(-c3nc4ccccn4c3NC3CCCC3)cc2c1. The summed E-state index contributed by atoms with van der Waals surface area (Å²) in [5.74, 6) is 1.68. The van der Waals surface area contributed by atoms with Gasteiger partial charge in [0.2, 0.25) is 0 Å². The molecule has 2 N–H and O–H groups in total. The number of H-pyrrole nitrogens is 1. The normalized spacial score (nSPS) is 14.7. The average molecular weight is 388 g/mol. The Bertz CT molecular complexity index is 1230. The fourth-order valence-electron chi connectivity index (χ4n) is 4.20. The lowest BCUT2D eigenvalue weighted by molar-refractivity contribution is 0.340. The highest BCUT2D eigenvalue weighted by atomic mass is 16.5. The van der Waals surface area contributed by atoms with Gasteiger partial charge in [0.1, 0.15) is 22.9 Å². The molecule has 1 saturated carbocycles. The van der Waals surface area contributed by atoms with Gasteiger partial charge in [-0.1, -0.05) is 18.9 Å². The Hall–Kier alpha value is -3.28. The number of benzene rings is 1. The lowest BCUT2D eigenvalue weighted by atomic mass is 10.1. The second-order valence-corrected chi connectivity index (χ2v) is 7.56.